The molecule has 124 valence electrons. The number of hydrogen-bond acceptors (Lipinski definition) is 6. The topological polar surface area (TPSA) is 96.5 Å². The average molecular weight is 346 g/mol. The summed E-state index contributed by atoms with van der Waals surface area (Å²) in [5.74, 6) is -0.551. The third-order valence-electron chi connectivity index (χ3n) is 3.88. The molecule has 1 heterocycles. The predicted molar refractivity (Wildman–Crippen MR) is 84.8 cm³/mol. The van der Waals surface area contributed by atoms with E-state index in [1.54, 1.807) is 12.1 Å². The van der Waals surface area contributed by atoms with Crippen LogP contribution in [0, 0.1) is 17.1 Å². The molecule has 9 heteroatoms. The summed E-state index contributed by atoms with van der Waals surface area (Å²) < 4.78 is 14.7. The van der Waals surface area contributed by atoms with Gasteiger partial charge in [0.05, 0.1) is 17.5 Å². The number of tetrazole rings is 1. The van der Waals surface area contributed by atoms with Crippen LogP contribution in [-0.2, 0) is 4.79 Å². The van der Waals surface area contributed by atoms with Crippen LogP contribution in [0.1, 0.15) is 25.7 Å². The number of carbonyl (C=O) groups excluding carboxylic acids is 1. The highest BCUT2D eigenvalue weighted by Gasteiger charge is 2.35. The Balaban J connectivity index is 1.65. The number of carbonyl (C=O) groups is 1. The van der Waals surface area contributed by atoms with Crippen LogP contribution in [0.25, 0.3) is 5.69 Å². The summed E-state index contributed by atoms with van der Waals surface area (Å²) in [4.78, 5) is 12.1. The van der Waals surface area contributed by atoms with Crippen molar-refractivity contribution < 1.29 is 9.18 Å². The van der Waals surface area contributed by atoms with Gasteiger partial charge in [0.25, 0.3) is 0 Å². The molecule has 1 amide bonds. The van der Waals surface area contributed by atoms with Gasteiger partial charge in [-0.25, -0.2) is 4.39 Å². The van der Waals surface area contributed by atoms with Crippen molar-refractivity contribution in [3.05, 3.63) is 30.1 Å². The molecule has 0 saturated heterocycles. The molecule has 0 spiro atoms. The van der Waals surface area contributed by atoms with Gasteiger partial charge < -0.3 is 5.32 Å². The maximum Gasteiger partial charge on any atom is 0.231 e. The van der Waals surface area contributed by atoms with Crippen molar-refractivity contribution in [1.29, 1.82) is 5.26 Å². The number of halogens is 1. The second-order valence-corrected chi connectivity index (χ2v) is 6.53. The Kier molecular flexibility index (Phi) is 4.76. The van der Waals surface area contributed by atoms with Crippen molar-refractivity contribution in [3.63, 3.8) is 0 Å². The van der Waals surface area contributed by atoms with E-state index in [-0.39, 0.29) is 11.7 Å². The molecule has 0 atom stereocenters. The molecular weight excluding hydrogens is 331 g/mol. The van der Waals surface area contributed by atoms with E-state index in [1.807, 2.05) is 0 Å². The molecule has 1 aliphatic carbocycles. The first-order valence-corrected chi connectivity index (χ1v) is 8.50. The largest absolute Gasteiger partial charge is 0.337 e. The van der Waals surface area contributed by atoms with Gasteiger partial charge in [-0.2, -0.15) is 9.94 Å². The van der Waals surface area contributed by atoms with Crippen molar-refractivity contribution >= 4 is 17.7 Å². The normalized spacial score (nSPS) is 15.8. The number of benzene rings is 1. The van der Waals surface area contributed by atoms with Crippen LogP contribution < -0.4 is 5.32 Å². The molecule has 1 aromatic heterocycles. The van der Waals surface area contributed by atoms with E-state index < -0.39 is 11.4 Å². The molecular formula is C15H15FN6OS. The third kappa shape index (κ3) is 3.54. The molecule has 0 bridgehead atoms. The molecule has 0 radical (unpaired) electrons. The highest BCUT2D eigenvalue weighted by atomic mass is 32.2. The minimum atomic E-state index is -0.744. The fourth-order valence-corrected chi connectivity index (χ4v) is 3.41. The summed E-state index contributed by atoms with van der Waals surface area (Å²) >= 11 is 1.14. The number of nitrogens with zero attached hydrogens (tertiary/aromatic N) is 5. The Labute approximate surface area is 142 Å². The summed E-state index contributed by atoms with van der Waals surface area (Å²) in [6, 6.07) is 8.09. The van der Waals surface area contributed by atoms with Crippen LogP contribution in [0.3, 0.4) is 0 Å². The van der Waals surface area contributed by atoms with Crippen molar-refractivity contribution in [2.45, 2.75) is 36.4 Å². The maximum absolute atomic E-state index is 13.3. The van der Waals surface area contributed by atoms with Gasteiger partial charge >= 0.3 is 0 Å². The number of hydrogen-bond donors (Lipinski definition) is 1. The lowest BCUT2D eigenvalue weighted by atomic mass is 10.0. The summed E-state index contributed by atoms with van der Waals surface area (Å²) in [6.07, 6.45) is 3.25. The van der Waals surface area contributed by atoms with Gasteiger partial charge in [0.2, 0.25) is 11.1 Å². The monoisotopic (exact) mass is 346 g/mol. The fraction of sp³-hybridized carbons (Fsp3) is 0.400. The lowest BCUT2D eigenvalue weighted by Gasteiger charge is -2.21. The smallest absolute Gasteiger partial charge is 0.231 e. The van der Waals surface area contributed by atoms with Crippen LogP contribution in [0.2, 0.25) is 0 Å². The van der Waals surface area contributed by atoms with E-state index in [1.165, 1.54) is 16.8 Å². The molecule has 3 rings (SSSR count). The van der Waals surface area contributed by atoms with E-state index in [4.69, 9.17) is 0 Å². The Morgan fingerprint density at radius 1 is 1.46 bits per heavy atom. The number of amides is 1. The zero-order chi connectivity index (χ0) is 17.0. The van der Waals surface area contributed by atoms with Gasteiger partial charge in [-0.05, 0) is 54.3 Å². The van der Waals surface area contributed by atoms with Gasteiger partial charge in [0, 0.05) is 0 Å². The Bertz CT molecular complexity index is 780. The van der Waals surface area contributed by atoms with Crippen molar-refractivity contribution in [2.75, 3.05) is 5.75 Å². The number of nitriles is 1. The zero-order valence-corrected chi connectivity index (χ0v) is 13.6. The molecule has 0 aliphatic heterocycles. The number of aromatic nitrogens is 4. The molecule has 1 aliphatic rings. The average Bonchev–Trinajstić information content (AvgIpc) is 3.22. The second-order valence-electron chi connectivity index (χ2n) is 5.59. The van der Waals surface area contributed by atoms with Crippen molar-refractivity contribution in [1.82, 2.24) is 25.5 Å². The van der Waals surface area contributed by atoms with E-state index in [2.05, 4.69) is 26.9 Å². The van der Waals surface area contributed by atoms with Crippen LogP contribution in [0.5, 0.6) is 0 Å². The summed E-state index contributed by atoms with van der Waals surface area (Å²) in [6.45, 7) is 0. The lowest BCUT2D eigenvalue weighted by molar-refractivity contribution is -0.119. The van der Waals surface area contributed by atoms with E-state index in [9.17, 15) is 14.4 Å². The SMILES string of the molecule is N#CC1(NC(=O)CSc2nnnn2-c2cccc(F)c2)CCCC1. The predicted octanol–water partition coefficient (Wildman–Crippen LogP) is 1.85. The zero-order valence-electron chi connectivity index (χ0n) is 12.8. The minimum absolute atomic E-state index is 0.0825. The summed E-state index contributed by atoms with van der Waals surface area (Å²) in [5, 5.41) is 23.7. The van der Waals surface area contributed by atoms with Gasteiger partial charge in [-0.3, -0.25) is 4.79 Å². The Morgan fingerprint density at radius 3 is 2.96 bits per heavy atom. The van der Waals surface area contributed by atoms with Crippen LogP contribution in [-0.4, -0.2) is 37.4 Å². The number of nitrogens with one attached hydrogen (secondary N) is 1. The molecule has 7 nitrogen and oxygen atoms in total. The van der Waals surface area contributed by atoms with E-state index in [0.717, 1.165) is 24.6 Å². The highest BCUT2D eigenvalue weighted by molar-refractivity contribution is 7.99. The molecule has 1 aromatic carbocycles. The quantitative estimate of drug-likeness (QED) is 0.830. The third-order valence-corrected chi connectivity index (χ3v) is 4.80. The van der Waals surface area contributed by atoms with Crippen LogP contribution >= 0.6 is 11.8 Å². The number of rotatable bonds is 5. The van der Waals surface area contributed by atoms with Crippen LogP contribution in [0.15, 0.2) is 29.4 Å². The first-order chi connectivity index (χ1) is 11.6. The Morgan fingerprint density at radius 2 is 2.25 bits per heavy atom. The van der Waals surface area contributed by atoms with Crippen molar-refractivity contribution in [2.24, 2.45) is 0 Å². The van der Waals surface area contributed by atoms with Gasteiger partial charge in [0.1, 0.15) is 11.4 Å². The first kappa shape index (κ1) is 16.4. The highest BCUT2D eigenvalue weighted by Crippen LogP contribution is 2.29. The fourth-order valence-electron chi connectivity index (χ4n) is 2.72. The molecule has 0 unspecified atom stereocenters. The van der Waals surface area contributed by atoms with E-state index >= 15 is 0 Å². The summed E-state index contributed by atoms with van der Waals surface area (Å²) in [5.41, 5.74) is -0.265. The maximum atomic E-state index is 13.3. The Hall–Kier alpha value is -2.47. The summed E-state index contributed by atoms with van der Waals surface area (Å²) in [7, 11) is 0. The minimum Gasteiger partial charge on any atom is -0.337 e. The molecule has 1 N–H and O–H groups in total. The standard InChI is InChI=1S/C15H15FN6OS/c16-11-4-3-5-12(8-11)22-14(19-20-21-22)24-9-13(23)18-15(10-17)6-1-2-7-15/h3-5,8H,1-2,6-7,9H2,(H,18,23). The molecule has 1 fully saturated rings. The van der Waals surface area contributed by atoms with Gasteiger partial charge in [-0.15, -0.1) is 5.10 Å². The van der Waals surface area contributed by atoms with Crippen molar-refractivity contribution in [3.8, 4) is 11.8 Å². The first-order valence-electron chi connectivity index (χ1n) is 7.51. The van der Waals surface area contributed by atoms with E-state index in [0.29, 0.717) is 23.7 Å². The number of thioether (sulfide) groups is 1. The molecule has 1 saturated carbocycles. The van der Waals surface area contributed by atoms with Gasteiger partial charge in [0.15, 0.2) is 0 Å². The lowest BCUT2D eigenvalue weighted by Crippen LogP contribution is -2.45. The molecule has 2 aromatic rings. The molecule has 24 heavy (non-hydrogen) atoms. The second kappa shape index (κ2) is 6.97. The van der Waals surface area contributed by atoms with Crippen LogP contribution in [0.4, 0.5) is 4.39 Å². The van der Waals surface area contributed by atoms with Gasteiger partial charge in [-0.1, -0.05) is 17.8 Å².